The lowest BCUT2D eigenvalue weighted by molar-refractivity contribution is -0.0565. The Bertz CT molecular complexity index is 1250. The highest BCUT2D eigenvalue weighted by Gasteiger charge is 2.42. The zero-order valence-corrected chi connectivity index (χ0v) is 28.2. The van der Waals surface area contributed by atoms with Crippen molar-refractivity contribution in [2.24, 2.45) is 5.41 Å². The fourth-order valence-electron chi connectivity index (χ4n) is 4.75. The number of rotatable bonds is 13. The molecule has 0 spiro atoms. The molecule has 0 amide bonds. The number of benzene rings is 2. The summed E-state index contributed by atoms with van der Waals surface area (Å²) < 4.78 is 51.6. The number of methoxy groups -OCH3 is 1. The van der Waals surface area contributed by atoms with E-state index in [0.717, 1.165) is 29.9 Å². The summed E-state index contributed by atoms with van der Waals surface area (Å²) in [5.41, 5.74) is 0.406. The van der Waals surface area contributed by atoms with E-state index in [0.29, 0.717) is 17.9 Å². The number of hydrogen-bond acceptors (Lipinski definition) is 6. The van der Waals surface area contributed by atoms with Crippen LogP contribution in [0.1, 0.15) is 66.4 Å². The van der Waals surface area contributed by atoms with E-state index in [1.165, 1.54) is 0 Å². The second kappa shape index (κ2) is 13.4. The summed E-state index contributed by atoms with van der Waals surface area (Å²) in [5, 5.41) is 0.0488. The van der Waals surface area contributed by atoms with Gasteiger partial charge < -0.3 is 18.6 Å². The van der Waals surface area contributed by atoms with Gasteiger partial charge in [-0.25, -0.2) is 8.42 Å². The molecule has 0 saturated carbocycles. The van der Waals surface area contributed by atoms with Crippen molar-refractivity contribution < 1.29 is 27.1 Å². The zero-order chi connectivity index (χ0) is 30.5. The minimum Gasteiger partial charge on any atom is -0.497 e. The maximum atomic E-state index is 13.2. The molecule has 0 aliphatic carbocycles. The monoisotopic (exact) mass is 602 g/mol. The van der Waals surface area contributed by atoms with E-state index in [2.05, 4.69) is 46.9 Å². The first kappa shape index (κ1) is 33.4. The quantitative estimate of drug-likeness (QED) is 0.217. The normalized spacial score (nSPS) is 18.3. The molecule has 3 atom stereocenters. The molecule has 41 heavy (non-hydrogen) atoms. The minimum atomic E-state index is -3.47. The van der Waals surface area contributed by atoms with Crippen LogP contribution < -0.4 is 4.74 Å². The van der Waals surface area contributed by atoms with Crippen LogP contribution in [-0.2, 0) is 30.3 Å². The third-order valence-electron chi connectivity index (χ3n) is 8.38. The van der Waals surface area contributed by atoms with Crippen LogP contribution in [0.2, 0.25) is 18.1 Å². The Kier molecular flexibility index (Phi) is 10.9. The molecular weight excluding hydrogens is 553 g/mol. The number of allylic oxidation sites excluding steroid dienone is 2. The first-order valence-corrected chi connectivity index (χ1v) is 19.2. The molecule has 3 rings (SSSR count). The second-order valence-electron chi connectivity index (χ2n) is 13.4. The SMILES string of the molecule is COc1ccc(CO[C@H](C)[C@@H](C[C@@H]2CCC=C(C(C)(C)CS(=O)(=O)c3ccccc3)O2)O[Si](C)(C)C(C)(C)C)cc1. The van der Waals surface area contributed by atoms with Gasteiger partial charge in [0, 0.05) is 11.8 Å². The Morgan fingerprint density at radius 3 is 2.22 bits per heavy atom. The van der Waals surface area contributed by atoms with E-state index in [4.69, 9.17) is 18.6 Å². The van der Waals surface area contributed by atoms with Crippen LogP contribution in [0, 0.1) is 5.41 Å². The Morgan fingerprint density at radius 1 is 1.00 bits per heavy atom. The average Bonchev–Trinajstić information content (AvgIpc) is 2.91. The highest BCUT2D eigenvalue weighted by molar-refractivity contribution is 7.91. The zero-order valence-electron chi connectivity index (χ0n) is 26.4. The van der Waals surface area contributed by atoms with E-state index in [-0.39, 0.29) is 29.1 Å². The van der Waals surface area contributed by atoms with Gasteiger partial charge >= 0.3 is 0 Å². The minimum absolute atomic E-state index is 0.0200. The molecular formula is C33H50O6SSi. The van der Waals surface area contributed by atoms with E-state index in [9.17, 15) is 8.42 Å². The van der Waals surface area contributed by atoms with Crippen LogP contribution in [0.5, 0.6) is 5.75 Å². The molecule has 2 aromatic carbocycles. The van der Waals surface area contributed by atoms with Crippen LogP contribution in [0.15, 0.2) is 71.3 Å². The van der Waals surface area contributed by atoms with Gasteiger partial charge in [0.25, 0.3) is 0 Å². The summed E-state index contributed by atoms with van der Waals surface area (Å²) in [4.78, 5) is 0.340. The number of sulfone groups is 1. The van der Waals surface area contributed by atoms with Gasteiger partial charge in [-0.05, 0) is 73.8 Å². The van der Waals surface area contributed by atoms with E-state index in [1.807, 2.05) is 44.2 Å². The van der Waals surface area contributed by atoms with Crippen molar-refractivity contribution in [2.45, 2.75) is 109 Å². The van der Waals surface area contributed by atoms with Crippen molar-refractivity contribution in [2.75, 3.05) is 12.9 Å². The summed E-state index contributed by atoms with van der Waals surface area (Å²) in [6.45, 7) is 17.7. The van der Waals surface area contributed by atoms with Crippen LogP contribution >= 0.6 is 0 Å². The first-order chi connectivity index (χ1) is 19.0. The van der Waals surface area contributed by atoms with E-state index in [1.54, 1.807) is 31.4 Å². The lowest BCUT2D eigenvalue weighted by Crippen LogP contribution is -2.48. The molecule has 0 saturated heterocycles. The van der Waals surface area contributed by atoms with Crippen LogP contribution in [0.25, 0.3) is 0 Å². The van der Waals surface area contributed by atoms with Gasteiger partial charge in [0.1, 0.15) is 11.9 Å². The van der Waals surface area contributed by atoms with Crippen LogP contribution in [0.3, 0.4) is 0 Å². The molecule has 0 N–H and O–H groups in total. The Labute approximate surface area is 249 Å². The molecule has 0 aromatic heterocycles. The highest BCUT2D eigenvalue weighted by Crippen LogP contribution is 2.40. The molecule has 1 aliphatic heterocycles. The van der Waals surface area contributed by atoms with Gasteiger partial charge in [0.2, 0.25) is 0 Å². The Balaban J connectivity index is 1.73. The van der Waals surface area contributed by atoms with Crippen molar-refractivity contribution in [1.82, 2.24) is 0 Å². The fourth-order valence-corrected chi connectivity index (χ4v) is 7.98. The standard InChI is InChI=1S/C33H50O6SSi/c1-25(37-23-26-18-20-27(36-7)21-19-26)30(39-41(8,9)32(2,3)4)22-28-14-13-17-31(38-28)33(5,6)24-40(34,35)29-15-11-10-12-16-29/h10-12,15-21,25,28,30H,13-14,22-24H2,1-9H3/t25-,28+,30-/m1/s1. The predicted molar refractivity (Wildman–Crippen MR) is 168 cm³/mol. The number of ether oxygens (including phenoxy) is 3. The maximum Gasteiger partial charge on any atom is 0.192 e. The van der Waals surface area contributed by atoms with Gasteiger partial charge in [-0.15, -0.1) is 0 Å². The fraction of sp³-hybridized carbons (Fsp3) is 0.576. The smallest absolute Gasteiger partial charge is 0.192 e. The van der Waals surface area contributed by atoms with Crippen molar-refractivity contribution in [3.05, 3.63) is 72.0 Å². The van der Waals surface area contributed by atoms with Crippen LogP contribution in [-0.4, -0.2) is 47.9 Å². The van der Waals surface area contributed by atoms with Crippen LogP contribution in [0.4, 0.5) is 0 Å². The summed E-state index contributed by atoms with van der Waals surface area (Å²) >= 11 is 0. The molecule has 0 radical (unpaired) electrons. The molecule has 6 nitrogen and oxygen atoms in total. The molecule has 0 bridgehead atoms. The topological polar surface area (TPSA) is 71.1 Å². The molecule has 1 aliphatic rings. The molecule has 228 valence electrons. The second-order valence-corrected chi connectivity index (χ2v) is 20.1. The van der Waals surface area contributed by atoms with Gasteiger partial charge in [0.15, 0.2) is 18.2 Å². The van der Waals surface area contributed by atoms with E-state index < -0.39 is 23.6 Å². The molecule has 0 fully saturated rings. The van der Waals surface area contributed by atoms with Crippen molar-refractivity contribution in [3.63, 3.8) is 0 Å². The Morgan fingerprint density at radius 2 is 1.63 bits per heavy atom. The summed E-state index contributed by atoms with van der Waals surface area (Å²) in [6, 6.07) is 16.6. The maximum absolute atomic E-state index is 13.2. The van der Waals surface area contributed by atoms with E-state index >= 15 is 0 Å². The largest absolute Gasteiger partial charge is 0.497 e. The molecule has 8 heteroatoms. The molecule has 2 aromatic rings. The summed E-state index contributed by atoms with van der Waals surface area (Å²) in [6.07, 6.45) is 4.02. The summed E-state index contributed by atoms with van der Waals surface area (Å²) in [5.74, 6) is 1.54. The lowest BCUT2D eigenvalue weighted by Gasteiger charge is -2.42. The van der Waals surface area contributed by atoms with Gasteiger partial charge in [-0.2, -0.15) is 0 Å². The van der Waals surface area contributed by atoms with Crippen molar-refractivity contribution in [3.8, 4) is 5.75 Å². The Hall–Kier alpha value is -2.13. The molecule has 0 unspecified atom stereocenters. The average molecular weight is 603 g/mol. The summed E-state index contributed by atoms with van der Waals surface area (Å²) in [7, 11) is -3.91. The first-order valence-electron chi connectivity index (χ1n) is 14.6. The predicted octanol–water partition coefficient (Wildman–Crippen LogP) is 7.94. The highest BCUT2D eigenvalue weighted by atomic mass is 32.2. The number of hydrogen-bond donors (Lipinski definition) is 0. The van der Waals surface area contributed by atoms with Gasteiger partial charge in [0.05, 0.1) is 42.3 Å². The van der Waals surface area contributed by atoms with Crippen molar-refractivity contribution >= 4 is 18.2 Å². The molecule has 1 heterocycles. The van der Waals surface area contributed by atoms with Gasteiger partial charge in [-0.3, -0.25) is 0 Å². The van der Waals surface area contributed by atoms with Gasteiger partial charge in [-0.1, -0.05) is 65.0 Å². The lowest BCUT2D eigenvalue weighted by atomic mass is 9.90. The third-order valence-corrected chi connectivity index (χ3v) is 15.0. The third kappa shape index (κ3) is 9.17. The van der Waals surface area contributed by atoms with Crippen molar-refractivity contribution in [1.29, 1.82) is 0 Å².